The number of aryl methyl sites for hydroxylation is 1. The maximum Gasteiger partial charge on any atom is 0.265 e. The summed E-state index contributed by atoms with van der Waals surface area (Å²) in [6.45, 7) is 1.67. The third-order valence-electron chi connectivity index (χ3n) is 2.40. The van der Waals surface area contributed by atoms with Crippen molar-refractivity contribution in [3.8, 4) is 0 Å². The molecule has 0 spiro atoms. The molecule has 0 unspecified atom stereocenters. The summed E-state index contributed by atoms with van der Waals surface area (Å²) < 4.78 is 39.7. The van der Waals surface area contributed by atoms with Crippen molar-refractivity contribution in [1.29, 1.82) is 0 Å². The third-order valence-corrected chi connectivity index (χ3v) is 3.82. The van der Waals surface area contributed by atoms with Gasteiger partial charge in [-0.25, -0.2) is 12.8 Å². The van der Waals surface area contributed by atoms with Crippen LogP contribution >= 0.6 is 0 Å². The van der Waals surface area contributed by atoms with Gasteiger partial charge in [0.05, 0.1) is 11.4 Å². The van der Waals surface area contributed by atoms with Crippen LogP contribution in [-0.4, -0.2) is 13.4 Å². The number of halogens is 1. The lowest BCUT2D eigenvalue weighted by Crippen LogP contribution is -2.15. The number of hydrogen-bond donors (Lipinski definition) is 2. The van der Waals surface area contributed by atoms with Crippen molar-refractivity contribution in [3.63, 3.8) is 0 Å². The van der Waals surface area contributed by atoms with E-state index in [1.54, 1.807) is 6.92 Å². The Labute approximate surface area is 110 Å². The van der Waals surface area contributed by atoms with E-state index in [1.807, 2.05) is 0 Å². The number of sulfonamides is 1. The Bertz CT molecular complexity index is 696. The molecule has 0 saturated heterocycles. The van der Waals surface area contributed by atoms with Crippen LogP contribution in [0.3, 0.4) is 0 Å². The van der Waals surface area contributed by atoms with Crippen molar-refractivity contribution in [2.24, 2.45) is 0 Å². The van der Waals surface area contributed by atoms with E-state index in [4.69, 9.17) is 5.73 Å². The molecule has 100 valence electrons. The zero-order valence-corrected chi connectivity index (χ0v) is 10.9. The van der Waals surface area contributed by atoms with Crippen molar-refractivity contribution in [3.05, 3.63) is 48.0 Å². The SMILES string of the molecule is Cc1cc(F)cc(NS(=O)(=O)c2cnccc2N)c1. The van der Waals surface area contributed by atoms with Crippen molar-refractivity contribution >= 4 is 21.4 Å². The zero-order valence-electron chi connectivity index (χ0n) is 10.1. The molecule has 0 aliphatic carbocycles. The lowest BCUT2D eigenvalue weighted by atomic mass is 10.2. The second-order valence-corrected chi connectivity index (χ2v) is 5.69. The highest BCUT2D eigenvalue weighted by atomic mass is 32.2. The maximum absolute atomic E-state index is 13.2. The third kappa shape index (κ3) is 3.00. The van der Waals surface area contributed by atoms with Gasteiger partial charge in [0.15, 0.2) is 0 Å². The largest absolute Gasteiger partial charge is 0.398 e. The Hall–Kier alpha value is -2.15. The fourth-order valence-corrected chi connectivity index (χ4v) is 2.74. The molecule has 19 heavy (non-hydrogen) atoms. The molecule has 1 heterocycles. The van der Waals surface area contributed by atoms with Crippen molar-refractivity contribution in [2.45, 2.75) is 11.8 Å². The Morgan fingerprint density at radius 3 is 2.68 bits per heavy atom. The summed E-state index contributed by atoms with van der Waals surface area (Å²) in [5.41, 5.74) is 6.41. The minimum atomic E-state index is -3.88. The highest BCUT2D eigenvalue weighted by Crippen LogP contribution is 2.21. The van der Waals surface area contributed by atoms with Crippen LogP contribution in [0, 0.1) is 12.7 Å². The number of rotatable bonds is 3. The topological polar surface area (TPSA) is 85.1 Å². The second kappa shape index (κ2) is 4.85. The fraction of sp³-hybridized carbons (Fsp3) is 0.0833. The first-order valence-electron chi connectivity index (χ1n) is 5.38. The van der Waals surface area contributed by atoms with E-state index in [2.05, 4.69) is 9.71 Å². The summed E-state index contributed by atoms with van der Waals surface area (Å²) in [4.78, 5) is 3.57. The molecule has 2 aromatic rings. The highest BCUT2D eigenvalue weighted by molar-refractivity contribution is 7.92. The molecule has 0 amide bonds. The summed E-state index contributed by atoms with van der Waals surface area (Å²) in [7, 11) is -3.88. The molecule has 2 rings (SSSR count). The Morgan fingerprint density at radius 1 is 1.32 bits per heavy atom. The van der Waals surface area contributed by atoms with Crippen LogP contribution in [0.1, 0.15) is 5.56 Å². The van der Waals surface area contributed by atoms with Gasteiger partial charge in [-0.2, -0.15) is 0 Å². The molecular formula is C12H12FN3O2S. The van der Waals surface area contributed by atoms with Gasteiger partial charge < -0.3 is 5.73 Å². The molecular weight excluding hydrogens is 269 g/mol. The Morgan fingerprint density at radius 2 is 2.05 bits per heavy atom. The van der Waals surface area contributed by atoms with Crippen LogP contribution in [-0.2, 0) is 10.0 Å². The van der Waals surface area contributed by atoms with Gasteiger partial charge in [-0.1, -0.05) is 0 Å². The van der Waals surface area contributed by atoms with Gasteiger partial charge in [0, 0.05) is 12.4 Å². The highest BCUT2D eigenvalue weighted by Gasteiger charge is 2.18. The summed E-state index contributed by atoms with van der Waals surface area (Å²) in [5, 5.41) is 0. The average Bonchev–Trinajstić information content (AvgIpc) is 2.26. The average molecular weight is 281 g/mol. The lowest BCUT2D eigenvalue weighted by molar-refractivity contribution is 0.601. The summed E-state index contributed by atoms with van der Waals surface area (Å²) in [5.74, 6) is -0.517. The van der Waals surface area contributed by atoms with E-state index in [0.29, 0.717) is 5.56 Å². The molecule has 5 nitrogen and oxygen atoms in total. The summed E-state index contributed by atoms with van der Waals surface area (Å²) >= 11 is 0. The number of anilines is 2. The van der Waals surface area contributed by atoms with E-state index in [9.17, 15) is 12.8 Å². The van der Waals surface area contributed by atoms with Crippen LogP contribution in [0.15, 0.2) is 41.6 Å². The monoisotopic (exact) mass is 281 g/mol. The molecule has 1 aromatic carbocycles. The first-order chi connectivity index (χ1) is 8.88. The Kier molecular flexibility index (Phi) is 3.39. The molecule has 0 bridgehead atoms. The van der Waals surface area contributed by atoms with E-state index in [-0.39, 0.29) is 16.3 Å². The summed E-state index contributed by atoms with van der Waals surface area (Å²) in [6, 6.07) is 5.30. The molecule has 0 aliphatic rings. The molecule has 0 fully saturated rings. The van der Waals surface area contributed by atoms with Gasteiger partial charge >= 0.3 is 0 Å². The zero-order chi connectivity index (χ0) is 14.0. The smallest absolute Gasteiger partial charge is 0.265 e. The van der Waals surface area contributed by atoms with Crippen LogP contribution < -0.4 is 10.5 Å². The van der Waals surface area contributed by atoms with Gasteiger partial charge in [0.2, 0.25) is 0 Å². The predicted molar refractivity (Wildman–Crippen MR) is 70.6 cm³/mol. The van der Waals surface area contributed by atoms with Crippen molar-refractivity contribution in [1.82, 2.24) is 4.98 Å². The van der Waals surface area contributed by atoms with Crippen LogP contribution in [0.5, 0.6) is 0 Å². The molecule has 0 saturated carbocycles. The molecule has 0 atom stereocenters. The van der Waals surface area contributed by atoms with Crippen LogP contribution in [0.4, 0.5) is 15.8 Å². The number of nitrogens with zero attached hydrogens (tertiary/aromatic N) is 1. The molecule has 0 aliphatic heterocycles. The van der Waals surface area contributed by atoms with Gasteiger partial charge in [-0.15, -0.1) is 0 Å². The predicted octanol–water partition coefficient (Wildman–Crippen LogP) is 1.91. The molecule has 7 heteroatoms. The number of nitrogen functional groups attached to an aromatic ring is 1. The number of nitrogens with one attached hydrogen (secondary N) is 1. The first kappa shape index (κ1) is 13.3. The van der Waals surface area contributed by atoms with E-state index >= 15 is 0 Å². The van der Waals surface area contributed by atoms with Gasteiger partial charge in [-0.3, -0.25) is 9.71 Å². The van der Waals surface area contributed by atoms with Crippen LogP contribution in [0.2, 0.25) is 0 Å². The second-order valence-electron chi connectivity index (χ2n) is 4.04. The number of nitrogens with two attached hydrogens (primary N) is 1. The number of aromatic nitrogens is 1. The number of benzene rings is 1. The van der Waals surface area contributed by atoms with E-state index < -0.39 is 15.8 Å². The molecule has 1 aromatic heterocycles. The quantitative estimate of drug-likeness (QED) is 0.900. The molecule has 0 radical (unpaired) electrons. The minimum Gasteiger partial charge on any atom is -0.398 e. The first-order valence-corrected chi connectivity index (χ1v) is 6.86. The molecule has 3 N–H and O–H groups in total. The van der Waals surface area contributed by atoms with E-state index in [0.717, 1.165) is 12.3 Å². The van der Waals surface area contributed by atoms with Crippen molar-refractivity contribution in [2.75, 3.05) is 10.5 Å². The van der Waals surface area contributed by atoms with Crippen LogP contribution in [0.25, 0.3) is 0 Å². The standard InChI is InChI=1S/C12H12FN3O2S/c1-8-4-9(13)6-10(5-8)16-19(17,18)12-7-15-3-2-11(12)14/h2-7,16H,1H3,(H2,14,15). The summed E-state index contributed by atoms with van der Waals surface area (Å²) in [6.07, 6.45) is 2.53. The Balaban J connectivity index is 2.39. The van der Waals surface area contributed by atoms with Crippen molar-refractivity contribution < 1.29 is 12.8 Å². The maximum atomic E-state index is 13.2. The number of hydrogen-bond acceptors (Lipinski definition) is 4. The number of pyridine rings is 1. The van der Waals surface area contributed by atoms with Gasteiger partial charge in [0.25, 0.3) is 10.0 Å². The normalized spacial score (nSPS) is 11.3. The van der Waals surface area contributed by atoms with Gasteiger partial charge in [0.1, 0.15) is 10.7 Å². The van der Waals surface area contributed by atoms with Gasteiger partial charge in [-0.05, 0) is 36.8 Å². The fourth-order valence-electron chi connectivity index (χ4n) is 1.62. The van der Waals surface area contributed by atoms with E-state index in [1.165, 1.54) is 24.4 Å². The minimum absolute atomic E-state index is 0.0793. The lowest BCUT2D eigenvalue weighted by Gasteiger charge is -2.10.